The van der Waals surface area contributed by atoms with Gasteiger partial charge in [-0.3, -0.25) is 13.9 Å². The molecule has 0 aromatic heterocycles. The Morgan fingerprint density at radius 3 is 2.08 bits per heavy atom. The van der Waals surface area contributed by atoms with Crippen LogP contribution in [0.15, 0.2) is 94.8 Å². The number of hydrogen-bond acceptors (Lipinski definition) is 10. The summed E-state index contributed by atoms with van der Waals surface area (Å²) in [6.07, 6.45) is 4.28. The number of nitrogens with one attached hydrogen (secondary N) is 1. The number of anilines is 1. The van der Waals surface area contributed by atoms with Crippen molar-refractivity contribution in [2.45, 2.75) is 164 Å². The van der Waals surface area contributed by atoms with Crippen molar-refractivity contribution in [3.63, 3.8) is 0 Å². The topological polar surface area (TPSA) is 153 Å². The molecule has 13 nitrogen and oxygen atoms in total. The van der Waals surface area contributed by atoms with E-state index >= 15 is 4.79 Å². The monoisotopic (exact) mass is 1030 g/mol. The number of ether oxygens (including phenoxy) is 4. The number of aliphatic imine (C=N–C) groups is 1. The van der Waals surface area contributed by atoms with Gasteiger partial charge in [0, 0.05) is 13.0 Å². The minimum Gasteiger partial charge on any atom is -0.493 e. The number of fused-ring (bicyclic) bond motifs is 1. The van der Waals surface area contributed by atoms with Crippen LogP contribution in [0.4, 0.5) is 16.2 Å². The number of imide groups is 1. The molecule has 0 saturated carbocycles. The van der Waals surface area contributed by atoms with E-state index < -0.39 is 39.6 Å². The Balaban J connectivity index is 1.31. The van der Waals surface area contributed by atoms with E-state index in [1.807, 2.05) is 50.2 Å². The molecular weight excluding hydrogens is 953 g/mol. The lowest BCUT2D eigenvalue weighted by molar-refractivity contribution is -0.137. The fourth-order valence-electron chi connectivity index (χ4n) is 10.0. The number of carbonyl (C=O) groups is 3. The lowest BCUT2D eigenvalue weighted by Crippen LogP contribution is -2.59. The Hall–Kier alpha value is -5.89. The summed E-state index contributed by atoms with van der Waals surface area (Å²) in [5.74, 6) is 0.948. The molecule has 4 atom stereocenters. The van der Waals surface area contributed by atoms with Gasteiger partial charge in [0.2, 0.25) is 0 Å². The van der Waals surface area contributed by atoms with Gasteiger partial charge in [-0.2, -0.15) is 0 Å². The maximum Gasteiger partial charge on any atom is 0.418 e. The molecule has 1 saturated heterocycles. The van der Waals surface area contributed by atoms with Gasteiger partial charge in [0.15, 0.2) is 34.7 Å². The van der Waals surface area contributed by atoms with Gasteiger partial charge in [0.25, 0.3) is 21.8 Å². The van der Waals surface area contributed by atoms with Gasteiger partial charge in [-0.05, 0) is 147 Å². The van der Waals surface area contributed by atoms with E-state index in [0.29, 0.717) is 40.6 Å². The standard InChI is InChI=1S/C60H82N4O9S/c1-16-59(12,13)44-29-31-47(41(4)35-44)70-33-21-32-63-53(61-45-22-17-20-25-51(45)74(63,68)69)52(64-55(66)60(14,15)73-56(64)67)54(65)62-46-34-39(2)27-30-48(46)72-50-24-19-18-23-49(50)71-38-43(42(5)37-58(9,10)11)28-26-40(3)36-57(6,7)8/h17-20,22-25,27,29-31,34-35,40,42-43,52H,16,21,26,28,32-33,36-38H2,1-15H3,(H,62,65). The summed E-state index contributed by atoms with van der Waals surface area (Å²) in [5.41, 5.74) is 1.82. The van der Waals surface area contributed by atoms with Crippen LogP contribution in [0.2, 0.25) is 0 Å². The van der Waals surface area contributed by atoms with Gasteiger partial charge in [0.05, 0.1) is 24.6 Å². The number of carbonyl (C=O) groups excluding carboxylic acids is 3. The van der Waals surface area contributed by atoms with Crippen molar-refractivity contribution in [1.82, 2.24) is 9.21 Å². The van der Waals surface area contributed by atoms with Gasteiger partial charge in [-0.25, -0.2) is 23.1 Å². The Bertz CT molecular complexity index is 2810. The number of benzene rings is 4. The number of para-hydroxylation sites is 3. The van der Waals surface area contributed by atoms with E-state index in [9.17, 15) is 18.0 Å². The van der Waals surface area contributed by atoms with Crippen LogP contribution in [0, 0.1) is 42.4 Å². The predicted octanol–water partition coefficient (Wildman–Crippen LogP) is 14.0. The molecule has 4 aromatic rings. The number of rotatable bonds is 22. The highest BCUT2D eigenvalue weighted by atomic mass is 32.2. The van der Waals surface area contributed by atoms with Gasteiger partial charge in [-0.15, -0.1) is 0 Å². The van der Waals surface area contributed by atoms with Gasteiger partial charge in [-0.1, -0.05) is 125 Å². The van der Waals surface area contributed by atoms with E-state index in [0.717, 1.165) is 47.5 Å². The molecule has 1 N–H and O–H groups in total. The molecule has 402 valence electrons. The van der Waals surface area contributed by atoms with Crippen molar-refractivity contribution < 1.29 is 41.7 Å². The number of nitrogens with zero attached hydrogens (tertiary/aromatic N) is 3. The molecule has 0 radical (unpaired) electrons. The second-order valence-corrected chi connectivity index (χ2v) is 26.0. The molecule has 3 amide bonds. The number of cyclic esters (lactones) is 1. The first kappa shape index (κ1) is 57.4. The third-order valence-electron chi connectivity index (χ3n) is 14.2. The molecule has 0 aliphatic carbocycles. The SMILES string of the molecule is CCC(C)(C)c1ccc(OCCCN2C(C(C(=O)Nc3cc(C)ccc3Oc3ccccc3OCC(CCC(C)CC(C)(C)C)C(C)CC(C)(C)C)N3C(=O)OC(C)(C)C3=O)=Nc3ccccc3S2(=O)=O)c(C)c1. The molecule has 0 spiro atoms. The van der Waals surface area contributed by atoms with Crippen LogP contribution in [-0.4, -0.2) is 72.8 Å². The maximum atomic E-state index is 15.2. The maximum absolute atomic E-state index is 15.2. The molecule has 74 heavy (non-hydrogen) atoms. The smallest absolute Gasteiger partial charge is 0.418 e. The van der Waals surface area contributed by atoms with Crippen molar-refractivity contribution in [3.8, 4) is 23.0 Å². The van der Waals surface area contributed by atoms with Gasteiger partial charge in [0.1, 0.15) is 10.6 Å². The van der Waals surface area contributed by atoms with Crippen molar-refractivity contribution in [1.29, 1.82) is 0 Å². The van der Waals surface area contributed by atoms with E-state index in [2.05, 4.69) is 87.5 Å². The predicted molar refractivity (Wildman–Crippen MR) is 294 cm³/mol. The fourth-order valence-corrected chi connectivity index (χ4v) is 11.6. The molecule has 14 heteroatoms. The molecule has 4 aromatic carbocycles. The first-order valence-corrected chi connectivity index (χ1v) is 27.8. The number of hydrogen-bond donors (Lipinski definition) is 1. The highest BCUT2D eigenvalue weighted by molar-refractivity contribution is 7.90. The average Bonchev–Trinajstić information content (AvgIpc) is 3.50. The van der Waals surface area contributed by atoms with Crippen LogP contribution in [0.5, 0.6) is 23.0 Å². The Morgan fingerprint density at radius 1 is 0.797 bits per heavy atom. The molecule has 1 fully saturated rings. The van der Waals surface area contributed by atoms with Gasteiger partial charge >= 0.3 is 6.09 Å². The van der Waals surface area contributed by atoms with Crippen LogP contribution in [0.1, 0.15) is 145 Å². The zero-order chi connectivity index (χ0) is 54.6. The van der Waals surface area contributed by atoms with E-state index in [1.165, 1.54) is 31.5 Å². The van der Waals surface area contributed by atoms with Crippen LogP contribution in [-0.2, 0) is 29.8 Å². The summed E-state index contributed by atoms with van der Waals surface area (Å²) in [4.78, 5) is 48.7. The average molecular weight is 1040 g/mol. The molecule has 2 aliphatic rings. The third kappa shape index (κ3) is 14.1. The van der Waals surface area contributed by atoms with Crippen molar-refractivity contribution in [2.75, 3.05) is 25.1 Å². The summed E-state index contributed by atoms with van der Waals surface area (Å²) in [6, 6.07) is 22.9. The van der Waals surface area contributed by atoms with Crippen molar-refractivity contribution >= 4 is 45.1 Å². The highest BCUT2D eigenvalue weighted by Gasteiger charge is 2.55. The van der Waals surface area contributed by atoms with Crippen LogP contribution in [0.3, 0.4) is 0 Å². The summed E-state index contributed by atoms with van der Waals surface area (Å²) >= 11 is 0. The van der Waals surface area contributed by atoms with E-state index in [-0.39, 0.29) is 69.6 Å². The van der Waals surface area contributed by atoms with Crippen LogP contribution < -0.4 is 19.5 Å². The summed E-state index contributed by atoms with van der Waals surface area (Å²) in [7, 11) is -4.42. The van der Waals surface area contributed by atoms with Crippen molar-refractivity contribution in [3.05, 3.63) is 102 Å². The number of amidine groups is 1. The molecule has 4 unspecified atom stereocenters. The lowest BCUT2D eigenvalue weighted by Gasteiger charge is -2.35. The second-order valence-electron chi connectivity index (χ2n) is 24.2. The quantitative estimate of drug-likeness (QED) is 0.0758. The van der Waals surface area contributed by atoms with Crippen LogP contribution >= 0.6 is 0 Å². The minimum absolute atomic E-state index is 0.0211. The Morgan fingerprint density at radius 2 is 1.45 bits per heavy atom. The number of amides is 3. The largest absolute Gasteiger partial charge is 0.493 e. The van der Waals surface area contributed by atoms with E-state index in [4.69, 9.17) is 23.9 Å². The summed E-state index contributed by atoms with van der Waals surface area (Å²) < 4.78 is 55.5. The zero-order valence-electron chi connectivity index (χ0n) is 46.7. The fraction of sp³-hybridized carbons (Fsp3) is 0.533. The second kappa shape index (κ2) is 22.9. The van der Waals surface area contributed by atoms with E-state index in [1.54, 1.807) is 30.3 Å². The van der Waals surface area contributed by atoms with Gasteiger partial charge < -0.3 is 24.3 Å². The molecule has 2 heterocycles. The normalized spacial score (nSPS) is 17.1. The highest BCUT2D eigenvalue weighted by Crippen LogP contribution is 2.41. The molecule has 0 bridgehead atoms. The number of sulfonamides is 1. The zero-order valence-corrected chi connectivity index (χ0v) is 47.5. The lowest BCUT2D eigenvalue weighted by atomic mass is 9.76. The molecular formula is C60H82N4O9S. The van der Waals surface area contributed by atoms with Crippen LogP contribution in [0.25, 0.3) is 0 Å². The molecule has 6 rings (SSSR count). The first-order valence-electron chi connectivity index (χ1n) is 26.3. The summed E-state index contributed by atoms with van der Waals surface area (Å²) in [6.45, 7) is 31.9. The minimum atomic E-state index is -4.42. The Kier molecular flexibility index (Phi) is 17.8. The first-order chi connectivity index (χ1) is 34.5. The molecule has 2 aliphatic heterocycles. The Labute approximate surface area is 441 Å². The third-order valence-corrected chi connectivity index (χ3v) is 16.0. The summed E-state index contributed by atoms with van der Waals surface area (Å²) in [5, 5.41) is 2.92. The van der Waals surface area contributed by atoms with Crippen molar-refractivity contribution in [2.24, 2.45) is 33.6 Å². The number of aryl methyl sites for hydroxylation is 2.